The molecule has 140 valence electrons. The molecule has 1 fully saturated rings. The molecule has 0 saturated heterocycles. The lowest BCUT2D eigenvalue weighted by molar-refractivity contribution is -0.125. The van der Waals surface area contributed by atoms with E-state index in [0.29, 0.717) is 23.7 Å². The van der Waals surface area contributed by atoms with E-state index in [1.165, 1.54) is 25.0 Å². The molecular weight excluding hydrogens is 354 g/mol. The van der Waals surface area contributed by atoms with Crippen LogP contribution < -0.4 is 10.5 Å². The van der Waals surface area contributed by atoms with Gasteiger partial charge in [-0.05, 0) is 36.8 Å². The number of benzene rings is 1. The minimum absolute atomic E-state index is 0.0353. The maximum atomic E-state index is 12.5. The maximum Gasteiger partial charge on any atom is 0.245 e. The van der Waals surface area contributed by atoms with E-state index in [2.05, 4.69) is 15.6 Å². The number of carbonyl (C=O) groups is 1. The van der Waals surface area contributed by atoms with Crippen molar-refractivity contribution < 1.29 is 13.2 Å². The van der Waals surface area contributed by atoms with Gasteiger partial charge in [-0.2, -0.15) is 0 Å². The van der Waals surface area contributed by atoms with Gasteiger partial charge in [0, 0.05) is 12.1 Å². The van der Waals surface area contributed by atoms with Gasteiger partial charge in [0.25, 0.3) is 0 Å². The second kappa shape index (κ2) is 7.16. The first-order chi connectivity index (χ1) is 12.3. The summed E-state index contributed by atoms with van der Waals surface area (Å²) in [4.78, 5) is 12.6. The summed E-state index contributed by atoms with van der Waals surface area (Å²) in [7, 11) is -3.73. The average molecular weight is 377 g/mol. The summed E-state index contributed by atoms with van der Waals surface area (Å²) in [6.07, 6.45) is 4.05. The molecule has 3 N–H and O–H groups in total. The zero-order valence-electron chi connectivity index (χ0n) is 14.8. The first kappa shape index (κ1) is 18.5. The number of rotatable bonds is 7. The molecular formula is C17H23N5O3S. The van der Waals surface area contributed by atoms with Crippen molar-refractivity contribution >= 4 is 15.9 Å². The predicted octanol–water partition coefficient (Wildman–Crippen LogP) is 1.32. The van der Waals surface area contributed by atoms with E-state index in [4.69, 9.17) is 5.14 Å². The van der Waals surface area contributed by atoms with E-state index in [1.54, 1.807) is 23.0 Å². The molecule has 1 aliphatic carbocycles. The van der Waals surface area contributed by atoms with Gasteiger partial charge in [-0.3, -0.25) is 4.79 Å². The largest absolute Gasteiger partial charge is 0.354 e. The van der Waals surface area contributed by atoms with Crippen LogP contribution in [-0.2, 0) is 14.8 Å². The maximum absolute atomic E-state index is 12.5. The lowest BCUT2D eigenvalue weighted by Gasteiger charge is -2.20. The highest BCUT2D eigenvalue weighted by atomic mass is 32.2. The number of nitrogens with one attached hydrogen (secondary N) is 1. The molecule has 8 nitrogen and oxygen atoms in total. The third-order valence-corrected chi connectivity index (χ3v) is 5.37. The van der Waals surface area contributed by atoms with Crippen molar-refractivity contribution in [2.45, 2.75) is 37.6 Å². The number of hydrogen-bond donors (Lipinski definition) is 2. The van der Waals surface area contributed by atoms with E-state index in [-0.39, 0.29) is 16.7 Å². The molecule has 0 aliphatic heterocycles. The zero-order valence-corrected chi connectivity index (χ0v) is 15.6. The second-order valence-electron chi connectivity index (χ2n) is 7.03. The van der Waals surface area contributed by atoms with Crippen LogP contribution >= 0.6 is 0 Å². The molecule has 1 aromatic heterocycles. The smallest absolute Gasteiger partial charge is 0.245 e. The van der Waals surface area contributed by atoms with Crippen LogP contribution in [0.4, 0.5) is 0 Å². The zero-order chi connectivity index (χ0) is 18.9. The molecule has 1 atom stereocenters. The number of nitrogens with two attached hydrogens (primary N) is 1. The van der Waals surface area contributed by atoms with Crippen LogP contribution in [0.15, 0.2) is 35.4 Å². The monoisotopic (exact) mass is 377 g/mol. The van der Waals surface area contributed by atoms with Crippen molar-refractivity contribution in [3.8, 4) is 11.3 Å². The van der Waals surface area contributed by atoms with Crippen molar-refractivity contribution in [2.24, 2.45) is 17.0 Å². The molecule has 0 spiro atoms. The third kappa shape index (κ3) is 4.28. The van der Waals surface area contributed by atoms with Gasteiger partial charge in [-0.15, -0.1) is 5.10 Å². The Balaban J connectivity index is 1.78. The molecule has 1 aromatic carbocycles. The van der Waals surface area contributed by atoms with Gasteiger partial charge in [0.2, 0.25) is 15.9 Å². The topological polar surface area (TPSA) is 120 Å². The molecule has 3 rings (SSSR count). The standard InChI is InChI=1S/C17H23N5O3S/c1-11(2)16(17(23)19-9-12-3-4-12)22-10-15(20-21-22)13-5-7-14(8-6-13)26(18,24)25/h5-8,10-12,16H,3-4,9H2,1-2H3,(H,19,23)(H2,18,24,25)/t16-/m0/s1. The SMILES string of the molecule is CC(C)[C@@H](C(=O)NCC1CC1)n1cc(-c2ccc(S(N)(=O)=O)cc2)nn1. The Morgan fingerprint density at radius 3 is 2.50 bits per heavy atom. The molecule has 9 heteroatoms. The molecule has 26 heavy (non-hydrogen) atoms. The molecule has 0 bridgehead atoms. The number of hydrogen-bond acceptors (Lipinski definition) is 5. The number of nitrogens with zero attached hydrogens (tertiary/aromatic N) is 3. The van der Waals surface area contributed by atoms with E-state index in [9.17, 15) is 13.2 Å². The van der Waals surface area contributed by atoms with Crippen LogP contribution in [0.5, 0.6) is 0 Å². The van der Waals surface area contributed by atoms with Gasteiger partial charge < -0.3 is 5.32 Å². The van der Waals surface area contributed by atoms with E-state index >= 15 is 0 Å². The molecule has 1 saturated carbocycles. The fourth-order valence-corrected chi connectivity index (χ4v) is 3.28. The summed E-state index contributed by atoms with van der Waals surface area (Å²) in [5.41, 5.74) is 1.26. The third-order valence-electron chi connectivity index (χ3n) is 4.44. The van der Waals surface area contributed by atoms with E-state index in [0.717, 1.165) is 0 Å². The van der Waals surface area contributed by atoms with Gasteiger partial charge in [0.15, 0.2) is 0 Å². The highest BCUT2D eigenvalue weighted by molar-refractivity contribution is 7.89. The van der Waals surface area contributed by atoms with Gasteiger partial charge in [0.05, 0.1) is 11.1 Å². The van der Waals surface area contributed by atoms with Crippen LogP contribution in [0.2, 0.25) is 0 Å². The van der Waals surface area contributed by atoms with Crippen LogP contribution in [0.1, 0.15) is 32.7 Å². The number of aromatic nitrogens is 3. The molecule has 0 radical (unpaired) electrons. The molecule has 1 heterocycles. The summed E-state index contributed by atoms with van der Waals surface area (Å²) in [5.74, 6) is 0.594. The van der Waals surface area contributed by atoms with Gasteiger partial charge in [0.1, 0.15) is 11.7 Å². The molecule has 1 aliphatic rings. The first-order valence-corrected chi connectivity index (χ1v) is 10.1. The fraction of sp³-hybridized carbons (Fsp3) is 0.471. The number of sulfonamides is 1. The summed E-state index contributed by atoms with van der Waals surface area (Å²) >= 11 is 0. The normalized spacial score (nSPS) is 15.8. The first-order valence-electron chi connectivity index (χ1n) is 8.58. The minimum atomic E-state index is -3.73. The Morgan fingerprint density at radius 1 is 1.31 bits per heavy atom. The number of amides is 1. The van der Waals surface area contributed by atoms with Crippen LogP contribution in [0, 0.1) is 11.8 Å². The van der Waals surface area contributed by atoms with Gasteiger partial charge in [-0.25, -0.2) is 18.2 Å². The van der Waals surface area contributed by atoms with Crippen molar-refractivity contribution in [1.82, 2.24) is 20.3 Å². The van der Waals surface area contributed by atoms with Crippen LogP contribution in [0.3, 0.4) is 0 Å². The highest BCUT2D eigenvalue weighted by Gasteiger charge is 2.28. The predicted molar refractivity (Wildman–Crippen MR) is 96.4 cm³/mol. The lowest BCUT2D eigenvalue weighted by Crippen LogP contribution is -2.36. The Hall–Kier alpha value is -2.26. The molecule has 2 aromatic rings. The molecule has 0 unspecified atom stereocenters. The number of carbonyl (C=O) groups excluding carboxylic acids is 1. The Labute approximate surface area is 152 Å². The summed E-state index contributed by atoms with van der Waals surface area (Å²) < 4.78 is 24.2. The van der Waals surface area contributed by atoms with Crippen molar-refractivity contribution in [2.75, 3.05) is 6.54 Å². The molecule has 1 amide bonds. The van der Waals surface area contributed by atoms with E-state index in [1.807, 2.05) is 13.8 Å². The Morgan fingerprint density at radius 2 is 1.96 bits per heavy atom. The summed E-state index contributed by atoms with van der Waals surface area (Å²) in [6.45, 7) is 4.63. The summed E-state index contributed by atoms with van der Waals surface area (Å²) in [6, 6.07) is 5.63. The van der Waals surface area contributed by atoms with Crippen LogP contribution in [0.25, 0.3) is 11.3 Å². The Kier molecular flexibility index (Phi) is 5.10. The summed E-state index contributed by atoms with van der Waals surface area (Å²) in [5, 5.41) is 16.3. The number of primary sulfonamides is 1. The van der Waals surface area contributed by atoms with Gasteiger partial charge >= 0.3 is 0 Å². The van der Waals surface area contributed by atoms with Gasteiger partial charge in [-0.1, -0.05) is 31.2 Å². The highest BCUT2D eigenvalue weighted by Crippen LogP contribution is 2.28. The fourth-order valence-electron chi connectivity index (χ4n) is 2.76. The van der Waals surface area contributed by atoms with Crippen molar-refractivity contribution in [3.63, 3.8) is 0 Å². The average Bonchev–Trinajstić information content (AvgIpc) is 3.29. The van der Waals surface area contributed by atoms with E-state index < -0.39 is 16.1 Å². The lowest BCUT2D eigenvalue weighted by atomic mass is 10.0. The van der Waals surface area contributed by atoms with Crippen molar-refractivity contribution in [3.05, 3.63) is 30.5 Å². The van der Waals surface area contributed by atoms with Crippen LogP contribution in [-0.4, -0.2) is 35.9 Å². The van der Waals surface area contributed by atoms with Crippen molar-refractivity contribution in [1.29, 1.82) is 0 Å². The quantitative estimate of drug-likeness (QED) is 0.754. The Bertz CT molecular complexity index is 885. The second-order valence-corrected chi connectivity index (χ2v) is 8.59. The minimum Gasteiger partial charge on any atom is -0.354 e.